The Kier molecular flexibility index (Phi) is 17.0. The van der Waals surface area contributed by atoms with E-state index in [0.29, 0.717) is 63.8 Å². The fourth-order valence-electron chi connectivity index (χ4n) is 8.13. The van der Waals surface area contributed by atoms with E-state index in [1.165, 1.54) is 32.2 Å². The fraction of sp³-hybridized carbons (Fsp3) is 0.141. The molecule has 0 amide bonds. The molecule has 0 saturated heterocycles. The van der Waals surface area contributed by atoms with E-state index >= 15 is 0 Å². The van der Waals surface area contributed by atoms with Gasteiger partial charge in [0.2, 0.25) is 5.78 Å². The zero-order valence-electron chi connectivity index (χ0n) is 44.7. The zero-order valence-corrected chi connectivity index (χ0v) is 44.7. The first-order chi connectivity index (χ1) is 38.2. The van der Waals surface area contributed by atoms with Crippen LogP contribution >= 0.6 is 0 Å². The third kappa shape index (κ3) is 13.2. The highest BCUT2D eigenvalue weighted by Crippen LogP contribution is 2.39. The molecule has 16 heteroatoms. The standard InChI is InChI=1S/C42H32N2O9.C22H22O5/c1-23(2)49-27-10-14-29(15-11-27)51-37-20-31(9-7-25(37)5)53-36-18-8-26(19-38(36)52-30-16-12-28(13-17-30)50-24(3)4)44-41(47)34-21-32-33(22-35(34)42(44)48)40(46)43(6)39(32)45;1-15(2)21(24)27-20-12-10-19(11-13-20)18-8-6-17(7-9-18)5-4-14-26-22(25)16(3)23/h7-22H,1,3H2,2,4-6H3;6-13H,1,4-5,14H2,2-3H3. The largest absolute Gasteiger partial charge is 0.463 e. The smallest absolute Gasteiger partial charge is 0.374 e. The van der Waals surface area contributed by atoms with Crippen molar-refractivity contribution in [3.05, 3.63) is 235 Å². The maximum Gasteiger partial charge on any atom is 0.374 e. The summed E-state index contributed by atoms with van der Waals surface area (Å²) in [6.07, 6.45) is 1.41. The first-order valence-electron chi connectivity index (χ1n) is 25.0. The van der Waals surface area contributed by atoms with Gasteiger partial charge in [0.25, 0.3) is 22.2 Å². The van der Waals surface area contributed by atoms with E-state index in [1.54, 1.807) is 106 Å². The minimum atomic E-state index is -0.789. The lowest BCUT2D eigenvalue weighted by Crippen LogP contribution is -2.23. The normalized spacial score (nSPS) is 10.8. The number of aromatic nitrogens is 2. The average molecular weight is 1080 g/mol. The molecule has 9 rings (SSSR count). The van der Waals surface area contributed by atoms with Gasteiger partial charge in [0, 0.05) is 31.7 Å². The van der Waals surface area contributed by atoms with Crippen molar-refractivity contribution in [2.45, 2.75) is 47.5 Å². The maximum absolute atomic E-state index is 13.7. The lowest BCUT2D eigenvalue weighted by Gasteiger charge is -2.16. The van der Waals surface area contributed by atoms with Gasteiger partial charge < -0.3 is 33.2 Å². The van der Waals surface area contributed by atoms with E-state index < -0.39 is 40.0 Å². The van der Waals surface area contributed by atoms with Crippen molar-refractivity contribution in [3.63, 3.8) is 0 Å². The van der Waals surface area contributed by atoms with Gasteiger partial charge in [-0.1, -0.05) is 62.2 Å². The number of benzene rings is 7. The number of allylic oxidation sites excluding steroid dienone is 2. The van der Waals surface area contributed by atoms with Gasteiger partial charge in [-0.15, -0.1) is 0 Å². The van der Waals surface area contributed by atoms with Crippen LogP contribution in [0, 0.1) is 6.92 Å². The van der Waals surface area contributed by atoms with Crippen LogP contribution in [-0.2, 0) is 32.6 Å². The Balaban J connectivity index is 0.000000262. The lowest BCUT2D eigenvalue weighted by atomic mass is 10.0. The average Bonchev–Trinajstić information content (AvgIpc) is 3.80. The molecule has 2 aromatic heterocycles. The Morgan fingerprint density at radius 3 is 1.43 bits per heavy atom. The molecular weight excluding hydrogens is 1020 g/mol. The highest BCUT2D eigenvalue weighted by molar-refractivity contribution is 6.32. The molecule has 0 bridgehead atoms. The summed E-state index contributed by atoms with van der Waals surface area (Å²) >= 11 is 0. The molecule has 0 aliphatic heterocycles. The number of rotatable bonds is 19. The van der Waals surface area contributed by atoms with Crippen LogP contribution in [0.3, 0.4) is 0 Å². The summed E-state index contributed by atoms with van der Waals surface area (Å²) in [5, 5.41) is 0.181. The highest BCUT2D eigenvalue weighted by atomic mass is 16.5. The number of nitrogens with zero attached hydrogens (tertiary/aromatic N) is 2. The van der Waals surface area contributed by atoms with Crippen molar-refractivity contribution in [1.29, 1.82) is 0 Å². The molecule has 0 aliphatic carbocycles. The van der Waals surface area contributed by atoms with Gasteiger partial charge >= 0.3 is 11.9 Å². The summed E-state index contributed by atoms with van der Waals surface area (Å²) in [4.78, 5) is 86.1. The predicted molar refractivity (Wildman–Crippen MR) is 305 cm³/mol. The van der Waals surface area contributed by atoms with Crippen LogP contribution in [0.2, 0.25) is 0 Å². The number of esters is 2. The number of fused-ring (bicyclic) bond motifs is 2. The Morgan fingerprint density at radius 1 is 0.463 bits per heavy atom. The van der Waals surface area contributed by atoms with Crippen molar-refractivity contribution in [2.75, 3.05) is 6.61 Å². The molecule has 0 atom stereocenters. The van der Waals surface area contributed by atoms with Gasteiger partial charge in [-0.2, -0.15) is 0 Å². The summed E-state index contributed by atoms with van der Waals surface area (Å²) < 4.78 is 41.9. The number of hydrogen-bond donors (Lipinski definition) is 0. The van der Waals surface area contributed by atoms with Crippen molar-refractivity contribution in [1.82, 2.24) is 9.13 Å². The van der Waals surface area contributed by atoms with Crippen molar-refractivity contribution in [3.8, 4) is 68.6 Å². The minimum Gasteiger partial charge on any atom is -0.463 e. The van der Waals surface area contributed by atoms with Gasteiger partial charge in [-0.05, 0) is 154 Å². The first-order valence-corrected chi connectivity index (χ1v) is 25.0. The monoisotopic (exact) mass is 1070 g/mol. The zero-order chi connectivity index (χ0) is 57.4. The second-order valence-corrected chi connectivity index (χ2v) is 18.7. The second-order valence-electron chi connectivity index (χ2n) is 18.7. The molecule has 404 valence electrons. The molecule has 9 aromatic rings. The predicted octanol–water partition coefficient (Wildman–Crippen LogP) is 11.8. The Morgan fingerprint density at radius 2 is 0.912 bits per heavy atom. The van der Waals surface area contributed by atoms with Gasteiger partial charge in [-0.25, -0.2) is 14.2 Å². The molecule has 0 aliphatic rings. The van der Waals surface area contributed by atoms with Crippen LogP contribution in [0.4, 0.5) is 0 Å². The summed E-state index contributed by atoms with van der Waals surface area (Å²) in [6, 6.07) is 41.8. The number of carbonyl (C=O) groups is 3. The van der Waals surface area contributed by atoms with Crippen molar-refractivity contribution < 1.29 is 47.5 Å². The first kappa shape index (κ1) is 55.9. The quantitative estimate of drug-likeness (QED) is 0.0185. The summed E-state index contributed by atoms with van der Waals surface area (Å²) in [7, 11) is 1.35. The topological polar surface area (TPSA) is 194 Å². The SMILES string of the molecule is C=C(C)C(=O)Oc1ccc(-c2ccc(CCCOC(=O)C(C)=O)cc2)cc1.C=C(C)Oc1ccc(Oc2cc(Oc3ccc(-n4c(=O)c5cc6c(=O)n(C)c(=O)c6cc5c4=O)cc3Oc3ccc(OC(=C)C)cc3)ccc2C)cc1. The molecule has 2 heterocycles. The van der Waals surface area contributed by atoms with E-state index in [2.05, 4.69) is 19.7 Å². The second kappa shape index (κ2) is 24.3. The Labute approximate surface area is 458 Å². The number of aryl methyl sites for hydroxylation is 2. The van der Waals surface area contributed by atoms with Gasteiger partial charge in [0.1, 0.15) is 40.2 Å². The van der Waals surface area contributed by atoms with Crippen LogP contribution < -0.4 is 50.7 Å². The van der Waals surface area contributed by atoms with Gasteiger partial charge in [0.15, 0.2) is 11.5 Å². The van der Waals surface area contributed by atoms with Crippen LogP contribution in [0.1, 0.15) is 45.2 Å². The fourth-order valence-corrected chi connectivity index (χ4v) is 8.13. The summed E-state index contributed by atoms with van der Waals surface area (Å²) in [6.45, 7) is 19.5. The van der Waals surface area contributed by atoms with Crippen molar-refractivity contribution in [2.24, 2.45) is 7.05 Å². The molecule has 0 fully saturated rings. The van der Waals surface area contributed by atoms with E-state index in [1.807, 2.05) is 49.4 Å². The molecular formula is C64H54N2O14. The Hall–Kier alpha value is -10.4. The molecule has 0 saturated carbocycles. The van der Waals surface area contributed by atoms with Crippen LogP contribution in [-0.4, -0.2) is 33.5 Å². The lowest BCUT2D eigenvalue weighted by molar-refractivity contribution is -0.153. The Bertz CT molecular complexity index is 4010. The van der Waals surface area contributed by atoms with E-state index in [0.717, 1.165) is 37.8 Å². The molecule has 80 heavy (non-hydrogen) atoms. The number of Topliss-reactive ketones (excluding diaryl/α,β-unsaturated/α-hetero) is 1. The third-order valence-electron chi connectivity index (χ3n) is 12.2. The molecule has 0 radical (unpaired) electrons. The maximum atomic E-state index is 13.7. The van der Waals surface area contributed by atoms with E-state index in [9.17, 15) is 33.6 Å². The van der Waals surface area contributed by atoms with Crippen LogP contribution in [0.15, 0.2) is 202 Å². The molecule has 7 aromatic carbocycles. The minimum absolute atomic E-state index is 0.0197. The third-order valence-corrected chi connectivity index (χ3v) is 12.2. The van der Waals surface area contributed by atoms with Crippen LogP contribution in [0.5, 0.6) is 51.7 Å². The van der Waals surface area contributed by atoms with Gasteiger partial charge in [0.05, 0.1) is 45.4 Å². The summed E-state index contributed by atoms with van der Waals surface area (Å²) in [5.41, 5.74) is 2.17. The van der Waals surface area contributed by atoms with E-state index in [-0.39, 0.29) is 45.3 Å². The highest BCUT2D eigenvalue weighted by Gasteiger charge is 2.21. The summed E-state index contributed by atoms with van der Waals surface area (Å²) in [5.74, 6) is 3.34. The molecule has 0 spiro atoms. The van der Waals surface area contributed by atoms with Crippen molar-refractivity contribution >= 4 is 39.3 Å². The number of carbonyl (C=O) groups excluding carboxylic acids is 3. The molecule has 0 N–H and O–H groups in total. The van der Waals surface area contributed by atoms with Crippen LogP contribution in [0.25, 0.3) is 38.4 Å². The molecule has 16 nitrogen and oxygen atoms in total. The molecule has 0 unspecified atom stereocenters. The number of ketones is 1. The number of ether oxygens (including phenoxy) is 7. The van der Waals surface area contributed by atoms with Gasteiger partial charge in [-0.3, -0.25) is 28.5 Å². The number of hydrogen-bond acceptors (Lipinski definition) is 14. The van der Waals surface area contributed by atoms with E-state index in [4.69, 9.17) is 33.2 Å².